The van der Waals surface area contributed by atoms with Gasteiger partial charge in [-0.1, -0.05) is 13.3 Å². The SMILES string of the molecule is CCCc1nn(C)c(N2CC(O)CC2CN(C)C)c1N. The van der Waals surface area contributed by atoms with Crippen molar-refractivity contribution in [3.05, 3.63) is 5.69 Å². The predicted octanol–water partition coefficient (Wildman–Crippen LogP) is 0.456. The van der Waals surface area contributed by atoms with Crippen molar-refractivity contribution < 1.29 is 5.11 Å². The average molecular weight is 281 g/mol. The second-order valence-corrected chi connectivity index (χ2v) is 6.02. The summed E-state index contributed by atoms with van der Waals surface area (Å²) in [6.45, 7) is 3.67. The molecule has 1 fully saturated rings. The highest BCUT2D eigenvalue weighted by Crippen LogP contribution is 2.33. The molecule has 2 unspecified atom stereocenters. The summed E-state index contributed by atoms with van der Waals surface area (Å²) in [5.74, 6) is 0.955. The standard InChI is InChI=1S/C14H27N5O/c1-5-6-12-13(15)14(18(4)16-12)19-9-11(20)7-10(19)8-17(2)3/h10-11,20H,5-9,15H2,1-4H3. The Balaban J connectivity index is 2.29. The zero-order chi connectivity index (χ0) is 14.9. The second-order valence-electron chi connectivity index (χ2n) is 6.02. The fourth-order valence-corrected chi connectivity index (χ4v) is 3.09. The number of hydrogen-bond acceptors (Lipinski definition) is 5. The molecule has 0 bridgehead atoms. The highest BCUT2D eigenvalue weighted by Gasteiger charge is 2.34. The lowest BCUT2D eigenvalue weighted by molar-refractivity contribution is 0.191. The number of nitrogens with zero attached hydrogens (tertiary/aromatic N) is 4. The van der Waals surface area contributed by atoms with Crippen LogP contribution in [-0.2, 0) is 13.5 Å². The van der Waals surface area contributed by atoms with Gasteiger partial charge in [0.2, 0.25) is 0 Å². The van der Waals surface area contributed by atoms with E-state index < -0.39 is 0 Å². The molecule has 2 heterocycles. The highest BCUT2D eigenvalue weighted by atomic mass is 16.3. The molecule has 114 valence electrons. The van der Waals surface area contributed by atoms with Gasteiger partial charge in [0.1, 0.15) is 0 Å². The van der Waals surface area contributed by atoms with E-state index in [0.29, 0.717) is 6.54 Å². The van der Waals surface area contributed by atoms with Gasteiger partial charge in [0, 0.05) is 26.2 Å². The number of anilines is 2. The lowest BCUT2D eigenvalue weighted by Crippen LogP contribution is -2.38. The van der Waals surface area contributed by atoms with Gasteiger partial charge < -0.3 is 20.6 Å². The molecule has 1 aliphatic rings. The molecule has 0 spiro atoms. The molecule has 2 atom stereocenters. The Morgan fingerprint density at radius 2 is 2.15 bits per heavy atom. The maximum atomic E-state index is 10.0. The lowest BCUT2D eigenvalue weighted by Gasteiger charge is -2.28. The van der Waals surface area contributed by atoms with Crippen molar-refractivity contribution in [1.29, 1.82) is 0 Å². The van der Waals surface area contributed by atoms with Crippen molar-refractivity contribution in [3.8, 4) is 0 Å². The molecule has 1 saturated heterocycles. The van der Waals surface area contributed by atoms with Crippen LogP contribution in [0.2, 0.25) is 0 Å². The Morgan fingerprint density at radius 3 is 2.75 bits per heavy atom. The van der Waals surface area contributed by atoms with Gasteiger partial charge in [-0.15, -0.1) is 0 Å². The van der Waals surface area contributed by atoms with Crippen molar-refractivity contribution in [2.24, 2.45) is 7.05 Å². The maximum absolute atomic E-state index is 10.0. The summed E-state index contributed by atoms with van der Waals surface area (Å²) in [6, 6.07) is 0.284. The molecule has 6 heteroatoms. The summed E-state index contributed by atoms with van der Waals surface area (Å²) in [7, 11) is 6.04. The fourth-order valence-electron chi connectivity index (χ4n) is 3.09. The Morgan fingerprint density at radius 1 is 1.45 bits per heavy atom. The number of likely N-dealkylation sites (N-methyl/N-ethyl adjacent to an activating group) is 1. The molecule has 6 nitrogen and oxygen atoms in total. The topological polar surface area (TPSA) is 70.6 Å². The van der Waals surface area contributed by atoms with Gasteiger partial charge in [0.25, 0.3) is 0 Å². The van der Waals surface area contributed by atoms with Crippen molar-refractivity contribution in [2.45, 2.75) is 38.3 Å². The van der Waals surface area contributed by atoms with E-state index in [1.54, 1.807) is 0 Å². The summed E-state index contributed by atoms with van der Waals surface area (Å²) in [5, 5.41) is 14.5. The van der Waals surface area contributed by atoms with E-state index in [4.69, 9.17) is 5.73 Å². The summed E-state index contributed by atoms with van der Waals surface area (Å²) in [4.78, 5) is 4.36. The monoisotopic (exact) mass is 281 g/mol. The Kier molecular flexibility index (Phi) is 4.55. The van der Waals surface area contributed by atoms with E-state index in [1.165, 1.54) is 0 Å². The Hall–Kier alpha value is -1.27. The third-order valence-electron chi connectivity index (χ3n) is 3.86. The van der Waals surface area contributed by atoms with Crippen molar-refractivity contribution in [3.63, 3.8) is 0 Å². The number of aliphatic hydroxyl groups is 1. The molecule has 1 aliphatic heterocycles. The number of aliphatic hydroxyl groups excluding tert-OH is 1. The molecule has 20 heavy (non-hydrogen) atoms. The van der Waals surface area contributed by atoms with E-state index in [9.17, 15) is 5.11 Å². The third-order valence-corrected chi connectivity index (χ3v) is 3.86. The zero-order valence-corrected chi connectivity index (χ0v) is 13.0. The quantitative estimate of drug-likeness (QED) is 0.820. The molecule has 0 saturated carbocycles. The molecular formula is C14H27N5O. The van der Waals surface area contributed by atoms with Crippen LogP contribution in [-0.4, -0.2) is 59.1 Å². The number of rotatable bonds is 5. The number of β-amino-alcohol motifs (C(OH)–C–C–N with tert-alkyl or cyclic N) is 1. The van der Waals surface area contributed by atoms with E-state index >= 15 is 0 Å². The van der Waals surface area contributed by atoms with Crippen LogP contribution in [0.15, 0.2) is 0 Å². The van der Waals surface area contributed by atoms with Crippen LogP contribution in [0.5, 0.6) is 0 Å². The first-order valence-electron chi connectivity index (χ1n) is 7.34. The fraction of sp³-hybridized carbons (Fsp3) is 0.786. The van der Waals surface area contributed by atoms with E-state index in [0.717, 1.165) is 43.0 Å². The van der Waals surface area contributed by atoms with Crippen molar-refractivity contribution in [2.75, 3.05) is 37.8 Å². The summed E-state index contributed by atoms with van der Waals surface area (Å²) < 4.78 is 1.86. The summed E-state index contributed by atoms with van der Waals surface area (Å²) in [6.07, 6.45) is 2.42. The molecular weight excluding hydrogens is 254 g/mol. The van der Waals surface area contributed by atoms with Crippen LogP contribution in [0.4, 0.5) is 11.5 Å². The smallest absolute Gasteiger partial charge is 0.150 e. The molecule has 0 amide bonds. The van der Waals surface area contributed by atoms with Crippen LogP contribution in [0.3, 0.4) is 0 Å². The minimum Gasteiger partial charge on any atom is -0.394 e. The minimum atomic E-state index is -0.288. The van der Waals surface area contributed by atoms with Crippen molar-refractivity contribution in [1.82, 2.24) is 14.7 Å². The average Bonchev–Trinajstić information content (AvgIpc) is 2.80. The molecule has 0 aromatic carbocycles. The number of aromatic nitrogens is 2. The lowest BCUT2D eigenvalue weighted by atomic mass is 10.2. The normalized spacial score (nSPS) is 23.0. The van der Waals surface area contributed by atoms with Crippen LogP contribution in [0.1, 0.15) is 25.5 Å². The van der Waals surface area contributed by atoms with Crippen LogP contribution in [0.25, 0.3) is 0 Å². The third kappa shape index (κ3) is 2.91. The second kappa shape index (κ2) is 6.01. The molecule has 0 radical (unpaired) electrons. The number of hydrogen-bond donors (Lipinski definition) is 2. The first kappa shape index (κ1) is 15.1. The van der Waals surface area contributed by atoms with Gasteiger partial charge in [-0.25, -0.2) is 0 Å². The van der Waals surface area contributed by atoms with Gasteiger partial charge >= 0.3 is 0 Å². The van der Waals surface area contributed by atoms with E-state index in [2.05, 4.69) is 35.9 Å². The van der Waals surface area contributed by atoms with Gasteiger partial charge in [0.05, 0.1) is 17.5 Å². The molecule has 3 N–H and O–H groups in total. The summed E-state index contributed by atoms with van der Waals surface area (Å²) >= 11 is 0. The minimum absolute atomic E-state index is 0.284. The highest BCUT2D eigenvalue weighted by molar-refractivity contribution is 5.67. The number of aryl methyl sites for hydroxylation is 2. The number of nitrogen functional groups attached to an aromatic ring is 1. The van der Waals surface area contributed by atoms with Gasteiger partial charge in [-0.3, -0.25) is 4.68 Å². The van der Waals surface area contributed by atoms with Gasteiger partial charge in [0.15, 0.2) is 5.82 Å². The van der Waals surface area contributed by atoms with Gasteiger partial charge in [-0.05, 0) is 26.9 Å². The first-order chi connectivity index (χ1) is 9.43. The molecule has 0 aliphatic carbocycles. The molecule has 2 rings (SSSR count). The first-order valence-corrected chi connectivity index (χ1v) is 7.34. The zero-order valence-electron chi connectivity index (χ0n) is 13.0. The Labute approximate surface area is 121 Å². The van der Waals surface area contributed by atoms with E-state index in [1.807, 2.05) is 11.7 Å². The Bertz CT molecular complexity index is 457. The van der Waals surface area contributed by atoms with Crippen LogP contribution >= 0.6 is 0 Å². The maximum Gasteiger partial charge on any atom is 0.150 e. The summed E-state index contributed by atoms with van der Waals surface area (Å²) in [5.41, 5.74) is 8.03. The molecule has 1 aromatic heterocycles. The van der Waals surface area contributed by atoms with E-state index in [-0.39, 0.29) is 12.1 Å². The van der Waals surface area contributed by atoms with Crippen LogP contribution < -0.4 is 10.6 Å². The number of nitrogens with two attached hydrogens (primary N) is 1. The molecule has 1 aromatic rings. The largest absolute Gasteiger partial charge is 0.394 e. The van der Waals surface area contributed by atoms with Crippen LogP contribution in [0, 0.1) is 0 Å². The predicted molar refractivity (Wildman–Crippen MR) is 81.9 cm³/mol. The van der Waals surface area contributed by atoms with Crippen molar-refractivity contribution >= 4 is 11.5 Å². The van der Waals surface area contributed by atoms with Gasteiger partial charge in [-0.2, -0.15) is 5.10 Å².